The Kier molecular flexibility index (Phi) is 3.32. The average molecular weight is 257 g/mol. The molecule has 2 rings (SSSR count). The Morgan fingerprint density at radius 2 is 2.06 bits per heavy atom. The first-order valence-electron chi connectivity index (χ1n) is 5.79. The molecule has 0 aromatic heterocycles. The number of alkyl halides is 3. The number of carbonyl (C=O) groups excluding carboxylic acids is 1. The van der Waals surface area contributed by atoms with Crippen LogP contribution in [-0.2, 0) is 17.5 Å². The first kappa shape index (κ1) is 12.9. The van der Waals surface area contributed by atoms with Crippen LogP contribution in [0.4, 0.5) is 13.2 Å². The summed E-state index contributed by atoms with van der Waals surface area (Å²) in [5.41, 5.74) is -0.173. The van der Waals surface area contributed by atoms with Crippen molar-refractivity contribution in [2.75, 3.05) is 7.05 Å². The number of benzene rings is 1. The number of rotatable bonds is 3. The van der Waals surface area contributed by atoms with E-state index >= 15 is 0 Å². The Balaban J connectivity index is 2.07. The maximum atomic E-state index is 12.5. The third-order valence-corrected chi connectivity index (χ3v) is 2.98. The van der Waals surface area contributed by atoms with Gasteiger partial charge in [0.15, 0.2) is 0 Å². The Morgan fingerprint density at radius 1 is 1.39 bits per heavy atom. The summed E-state index contributed by atoms with van der Waals surface area (Å²) >= 11 is 0. The van der Waals surface area contributed by atoms with Gasteiger partial charge in [0.1, 0.15) is 0 Å². The minimum Gasteiger partial charge on any atom is -0.341 e. The lowest BCUT2D eigenvalue weighted by atomic mass is 10.1. The maximum absolute atomic E-state index is 12.5. The molecule has 98 valence electrons. The first-order chi connectivity index (χ1) is 8.38. The van der Waals surface area contributed by atoms with Crippen molar-refractivity contribution < 1.29 is 18.0 Å². The second-order valence-electron chi connectivity index (χ2n) is 4.67. The van der Waals surface area contributed by atoms with Crippen LogP contribution < -0.4 is 0 Å². The molecule has 0 spiro atoms. The van der Waals surface area contributed by atoms with Crippen LogP contribution in [0.25, 0.3) is 0 Å². The summed E-state index contributed by atoms with van der Waals surface area (Å²) < 4.78 is 37.6. The van der Waals surface area contributed by atoms with E-state index < -0.39 is 11.7 Å². The van der Waals surface area contributed by atoms with Gasteiger partial charge in [0.25, 0.3) is 0 Å². The van der Waals surface area contributed by atoms with Crippen molar-refractivity contribution >= 4 is 5.91 Å². The molecule has 18 heavy (non-hydrogen) atoms. The fourth-order valence-corrected chi connectivity index (χ4v) is 1.84. The Morgan fingerprint density at radius 3 is 2.61 bits per heavy atom. The molecule has 0 heterocycles. The molecule has 1 amide bonds. The fraction of sp³-hybridized carbons (Fsp3) is 0.462. The molecule has 1 aromatic rings. The van der Waals surface area contributed by atoms with Crippen molar-refractivity contribution in [2.45, 2.75) is 25.6 Å². The SMILES string of the molecule is CN(Cc1cccc(C(F)(F)F)c1)C(=O)C1CC1. The quantitative estimate of drug-likeness (QED) is 0.815. The summed E-state index contributed by atoms with van der Waals surface area (Å²) in [6.45, 7) is 0.221. The third kappa shape index (κ3) is 3.03. The summed E-state index contributed by atoms with van der Waals surface area (Å²) in [4.78, 5) is 13.2. The molecule has 0 atom stereocenters. The van der Waals surface area contributed by atoms with Gasteiger partial charge < -0.3 is 4.90 Å². The highest BCUT2D eigenvalue weighted by molar-refractivity contribution is 5.80. The zero-order chi connectivity index (χ0) is 13.3. The summed E-state index contributed by atoms with van der Waals surface area (Å²) in [6, 6.07) is 5.10. The largest absolute Gasteiger partial charge is 0.416 e. The highest BCUT2D eigenvalue weighted by Gasteiger charge is 2.33. The summed E-state index contributed by atoms with van der Waals surface area (Å²) in [6.07, 6.45) is -2.55. The molecule has 5 heteroatoms. The van der Waals surface area contributed by atoms with Crippen LogP contribution in [0.5, 0.6) is 0 Å². The van der Waals surface area contributed by atoms with Crippen molar-refractivity contribution in [3.8, 4) is 0 Å². The van der Waals surface area contributed by atoms with Crippen molar-refractivity contribution in [1.29, 1.82) is 0 Å². The summed E-state index contributed by atoms with van der Waals surface area (Å²) in [7, 11) is 1.63. The zero-order valence-electron chi connectivity index (χ0n) is 10.00. The average Bonchev–Trinajstić information content (AvgIpc) is 3.11. The summed E-state index contributed by atoms with van der Waals surface area (Å²) in [5, 5.41) is 0. The van der Waals surface area contributed by atoms with Gasteiger partial charge in [-0.2, -0.15) is 13.2 Å². The lowest BCUT2D eigenvalue weighted by molar-refractivity contribution is -0.137. The number of nitrogens with zero attached hydrogens (tertiary/aromatic N) is 1. The Hall–Kier alpha value is -1.52. The second-order valence-corrected chi connectivity index (χ2v) is 4.67. The molecule has 0 aliphatic heterocycles. The standard InChI is InChI=1S/C13H14F3NO/c1-17(12(18)10-5-6-10)8-9-3-2-4-11(7-9)13(14,15)16/h2-4,7,10H,5-6,8H2,1H3. The number of halogens is 3. The first-order valence-corrected chi connectivity index (χ1v) is 5.79. The third-order valence-electron chi connectivity index (χ3n) is 2.98. The molecule has 1 fully saturated rings. The summed E-state index contributed by atoms with van der Waals surface area (Å²) in [5.74, 6) is 0.105. The topological polar surface area (TPSA) is 20.3 Å². The van der Waals surface area contributed by atoms with E-state index in [1.54, 1.807) is 13.1 Å². The molecular formula is C13H14F3NO. The molecule has 1 aliphatic carbocycles. The van der Waals surface area contributed by atoms with Crippen LogP contribution in [0, 0.1) is 5.92 Å². The molecule has 0 radical (unpaired) electrons. The lowest BCUT2D eigenvalue weighted by Gasteiger charge is -2.17. The molecule has 1 aromatic carbocycles. The second kappa shape index (κ2) is 4.63. The molecular weight excluding hydrogens is 243 g/mol. The lowest BCUT2D eigenvalue weighted by Crippen LogP contribution is -2.27. The van der Waals surface area contributed by atoms with E-state index in [1.807, 2.05) is 0 Å². The van der Waals surface area contributed by atoms with E-state index in [0.29, 0.717) is 5.56 Å². The van der Waals surface area contributed by atoms with Gasteiger partial charge >= 0.3 is 6.18 Å². The van der Waals surface area contributed by atoms with E-state index in [2.05, 4.69) is 0 Å². The smallest absolute Gasteiger partial charge is 0.341 e. The molecule has 1 saturated carbocycles. The normalized spacial score (nSPS) is 15.6. The minimum atomic E-state index is -4.34. The molecule has 0 saturated heterocycles. The fourth-order valence-electron chi connectivity index (χ4n) is 1.84. The minimum absolute atomic E-state index is 0.0208. The van der Waals surface area contributed by atoms with E-state index in [-0.39, 0.29) is 18.4 Å². The van der Waals surface area contributed by atoms with Crippen molar-refractivity contribution in [3.63, 3.8) is 0 Å². The van der Waals surface area contributed by atoms with Crippen LogP contribution >= 0.6 is 0 Å². The van der Waals surface area contributed by atoms with Gasteiger partial charge in [-0.15, -0.1) is 0 Å². The molecule has 0 bridgehead atoms. The van der Waals surface area contributed by atoms with Crippen molar-refractivity contribution in [3.05, 3.63) is 35.4 Å². The van der Waals surface area contributed by atoms with Crippen LogP contribution in [0.3, 0.4) is 0 Å². The molecule has 1 aliphatic rings. The zero-order valence-corrected chi connectivity index (χ0v) is 10.00. The molecule has 0 unspecified atom stereocenters. The Bertz CT molecular complexity index is 452. The van der Waals surface area contributed by atoms with E-state index in [9.17, 15) is 18.0 Å². The van der Waals surface area contributed by atoms with E-state index in [1.165, 1.54) is 11.0 Å². The van der Waals surface area contributed by atoms with Crippen LogP contribution in [0.1, 0.15) is 24.0 Å². The van der Waals surface area contributed by atoms with Gasteiger partial charge in [0, 0.05) is 19.5 Å². The van der Waals surface area contributed by atoms with Gasteiger partial charge in [-0.3, -0.25) is 4.79 Å². The number of carbonyl (C=O) groups is 1. The predicted octanol–water partition coefficient (Wildman–Crippen LogP) is 3.07. The maximum Gasteiger partial charge on any atom is 0.416 e. The number of hydrogen-bond donors (Lipinski definition) is 0. The molecule has 0 N–H and O–H groups in total. The molecule has 2 nitrogen and oxygen atoms in total. The van der Waals surface area contributed by atoms with E-state index in [4.69, 9.17) is 0 Å². The highest BCUT2D eigenvalue weighted by Crippen LogP contribution is 2.32. The van der Waals surface area contributed by atoms with Gasteiger partial charge in [-0.05, 0) is 30.5 Å². The van der Waals surface area contributed by atoms with Crippen molar-refractivity contribution in [2.24, 2.45) is 5.92 Å². The van der Waals surface area contributed by atoms with E-state index in [0.717, 1.165) is 25.0 Å². The van der Waals surface area contributed by atoms with Gasteiger partial charge in [-0.1, -0.05) is 12.1 Å². The van der Waals surface area contributed by atoms with Crippen molar-refractivity contribution in [1.82, 2.24) is 4.90 Å². The van der Waals surface area contributed by atoms with Crippen LogP contribution in [-0.4, -0.2) is 17.9 Å². The van der Waals surface area contributed by atoms with Gasteiger partial charge in [0.05, 0.1) is 5.56 Å². The van der Waals surface area contributed by atoms with Crippen LogP contribution in [0.15, 0.2) is 24.3 Å². The number of amides is 1. The highest BCUT2D eigenvalue weighted by atomic mass is 19.4. The predicted molar refractivity (Wildman–Crippen MR) is 60.6 cm³/mol. The van der Waals surface area contributed by atoms with Crippen LogP contribution in [0.2, 0.25) is 0 Å². The Labute approximate surface area is 103 Å². The number of hydrogen-bond acceptors (Lipinski definition) is 1. The van der Waals surface area contributed by atoms with Gasteiger partial charge in [-0.25, -0.2) is 0 Å². The van der Waals surface area contributed by atoms with Gasteiger partial charge in [0.2, 0.25) is 5.91 Å². The monoisotopic (exact) mass is 257 g/mol.